The minimum absolute atomic E-state index is 0.0496. The summed E-state index contributed by atoms with van der Waals surface area (Å²) in [5.41, 5.74) is 6.42. The smallest absolute Gasteiger partial charge is 0.255 e. The number of fused-ring (bicyclic) bond motifs is 1. The molecule has 1 amide bonds. The number of hydrogen-bond acceptors (Lipinski definition) is 3. The maximum atomic E-state index is 14.1. The number of Topliss-reactive ketones (excluding diaryl/α,β-unsaturated/α-hetero) is 1. The Morgan fingerprint density at radius 1 is 0.727 bits per heavy atom. The van der Waals surface area contributed by atoms with Crippen molar-refractivity contribution in [2.75, 3.05) is 7.05 Å². The van der Waals surface area contributed by atoms with E-state index in [1.807, 2.05) is 84.9 Å². The van der Waals surface area contributed by atoms with Gasteiger partial charge < -0.3 is 9.73 Å². The molecule has 5 heteroatoms. The number of rotatable bonds is 8. The summed E-state index contributed by atoms with van der Waals surface area (Å²) in [5.74, 6) is -0.257. The van der Waals surface area contributed by atoms with Gasteiger partial charge in [0.05, 0.1) is 5.56 Å². The highest BCUT2D eigenvalue weighted by atomic mass is 19.1. The van der Waals surface area contributed by atoms with Crippen LogP contribution >= 0.6 is 0 Å². The number of benzene rings is 5. The molecule has 1 heterocycles. The highest BCUT2D eigenvalue weighted by Gasteiger charge is 2.27. The van der Waals surface area contributed by atoms with Crippen molar-refractivity contribution in [3.63, 3.8) is 0 Å². The highest BCUT2D eigenvalue weighted by Crippen LogP contribution is 2.38. The molecule has 44 heavy (non-hydrogen) atoms. The maximum Gasteiger partial charge on any atom is 0.255 e. The first kappa shape index (κ1) is 28.8. The predicted octanol–water partition coefficient (Wildman–Crippen LogP) is 9.48. The summed E-state index contributed by atoms with van der Waals surface area (Å²) in [4.78, 5) is 27.2. The van der Waals surface area contributed by atoms with Crippen molar-refractivity contribution in [3.8, 4) is 33.6 Å². The number of nitrogens with one attached hydrogen (secondary N) is 1. The van der Waals surface area contributed by atoms with E-state index in [1.54, 1.807) is 19.2 Å². The normalized spacial score (nSPS) is 11.5. The monoisotopic (exact) mass is 581 g/mol. The summed E-state index contributed by atoms with van der Waals surface area (Å²) in [6.07, 6.45) is 0.336. The van der Waals surface area contributed by atoms with Crippen molar-refractivity contribution in [2.45, 2.75) is 25.7 Å². The molecule has 0 fully saturated rings. The van der Waals surface area contributed by atoms with E-state index in [0.717, 1.165) is 27.8 Å². The van der Waals surface area contributed by atoms with Gasteiger partial charge in [-0.25, -0.2) is 4.39 Å². The first-order valence-electron chi connectivity index (χ1n) is 14.6. The van der Waals surface area contributed by atoms with Crippen LogP contribution in [0.3, 0.4) is 0 Å². The summed E-state index contributed by atoms with van der Waals surface area (Å²) < 4.78 is 19.8. The summed E-state index contributed by atoms with van der Waals surface area (Å²) in [5, 5.41) is 3.34. The molecule has 6 aromatic rings. The van der Waals surface area contributed by atoms with Crippen LogP contribution < -0.4 is 5.32 Å². The van der Waals surface area contributed by atoms with E-state index in [9.17, 15) is 14.0 Å². The largest absolute Gasteiger partial charge is 0.455 e. The molecule has 0 radical (unpaired) electrons. The van der Waals surface area contributed by atoms with Crippen molar-refractivity contribution in [1.29, 1.82) is 0 Å². The van der Waals surface area contributed by atoms with Crippen molar-refractivity contribution >= 4 is 22.7 Å². The van der Waals surface area contributed by atoms with Crippen LogP contribution in [0.2, 0.25) is 0 Å². The number of furan rings is 1. The molecule has 1 N–H and O–H groups in total. The Morgan fingerprint density at radius 3 is 2.02 bits per heavy atom. The van der Waals surface area contributed by atoms with E-state index in [4.69, 9.17) is 4.42 Å². The van der Waals surface area contributed by atoms with Crippen LogP contribution in [0.1, 0.15) is 46.5 Å². The zero-order valence-electron chi connectivity index (χ0n) is 24.9. The number of carbonyl (C=O) groups is 2. The van der Waals surface area contributed by atoms with Crippen LogP contribution in [-0.2, 0) is 5.41 Å². The Kier molecular flexibility index (Phi) is 7.71. The molecule has 0 saturated heterocycles. The fourth-order valence-corrected chi connectivity index (χ4v) is 5.74. The Balaban J connectivity index is 1.46. The second-order valence-electron chi connectivity index (χ2n) is 11.6. The van der Waals surface area contributed by atoms with Gasteiger partial charge in [-0.3, -0.25) is 9.59 Å². The van der Waals surface area contributed by atoms with Gasteiger partial charge in [0.2, 0.25) is 0 Å². The van der Waals surface area contributed by atoms with Crippen molar-refractivity contribution in [2.24, 2.45) is 0 Å². The summed E-state index contributed by atoms with van der Waals surface area (Å²) >= 11 is 0. The summed E-state index contributed by atoms with van der Waals surface area (Å²) in [7, 11) is 1.57. The van der Waals surface area contributed by atoms with Gasteiger partial charge in [-0.1, -0.05) is 92.7 Å². The van der Waals surface area contributed by atoms with Crippen LogP contribution in [0.15, 0.2) is 126 Å². The van der Waals surface area contributed by atoms with E-state index >= 15 is 0 Å². The molecular weight excluding hydrogens is 549 g/mol. The molecule has 6 rings (SSSR count). The minimum atomic E-state index is -0.370. The molecule has 0 aliphatic carbocycles. The van der Waals surface area contributed by atoms with E-state index in [-0.39, 0.29) is 22.9 Å². The second-order valence-corrected chi connectivity index (χ2v) is 11.6. The first-order valence-corrected chi connectivity index (χ1v) is 14.6. The van der Waals surface area contributed by atoms with Crippen LogP contribution in [0, 0.1) is 5.82 Å². The molecule has 1 aromatic heterocycles. The van der Waals surface area contributed by atoms with E-state index in [2.05, 4.69) is 31.3 Å². The summed E-state index contributed by atoms with van der Waals surface area (Å²) in [6.45, 7) is 4.19. The highest BCUT2D eigenvalue weighted by molar-refractivity contribution is 6.12. The lowest BCUT2D eigenvalue weighted by molar-refractivity contribution is 0.0952. The molecule has 4 nitrogen and oxygen atoms in total. The van der Waals surface area contributed by atoms with Gasteiger partial charge in [0, 0.05) is 30.0 Å². The Bertz CT molecular complexity index is 1970. The van der Waals surface area contributed by atoms with Gasteiger partial charge in [-0.05, 0) is 75.7 Å². The molecule has 5 aromatic carbocycles. The van der Waals surface area contributed by atoms with E-state index in [1.165, 1.54) is 12.1 Å². The van der Waals surface area contributed by atoms with Crippen molar-refractivity contribution in [3.05, 3.63) is 144 Å². The minimum Gasteiger partial charge on any atom is -0.455 e. The number of halogens is 1. The number of amides is 1. The Morgan fingerprint density at radius 2 is 1.34 bits per heavy atom. The van der Waals surface area contributed by atoms with Gasteiger partial charge in [-0.15, -0.1) is 0 Å². The molecule has 218 valence electrons. The first-order chi connectivity index (χ1) is 21.2. The Labute approximate surface area is 256 Å². The fourth-order valence-electron chi connectivity index (χ4n) is 5.74. The van der Waals surface area contributed by atoms with Gasteiger partial charge in [0.1, 0.15) is 17.2 Å². The molecule has 0 unspecified atom stereocenters. The lowest BCUT2D eigenvalue weighted by atomic mass is 9.78. The SMILES string of the molecule is CNC(=O)c1c(-c2ccc(F)cc2)oc2ccc(-c3ccc(-c4ccccc4)c(C(=O)CC(C)(C)c4ccccc4)c3)cc12. The average molecular weight is 582 g/mol. The molecule has 0 aliphatic rings. The molecule has 0 saturated carbocycles. The van der Waals surface area contributed by atoms with Crippen LogP contribution in [0.5, 0.6) is 0 Å². The van der Waals surface area contributed by atoms with Crippen molar-refractivity contribution < 1.29 is 18.4 Å². The van der Waals surface area contributed by atoms with Crippen LogP contribution in [0.25, 0.3) is 44.5 Å². The third-order valence-electron chi connectivity index (χ3n) is 8.14. The maximum absolute atomic E-state index is 14.1. The lowest BCUT2D eigenvalue weighted by Crippen LogP contribution is -2.22. The topological polar surface area (TPSA) is 59.3 Å². The fraction of sp³-hybridized carbons (Fsp3) is 0.128. The van der Waals surface area contributed by atoms with Crippen LogP contribution in [-0.4, -0.2) is 18.7 Å². The molecule has 0 atom stereocenters. The zero-order valence-corrected chi connectivity index (χ0v) is 24.9. The van der Waals surface area contributed by atoms with E-state index < -0.39 is 0 Å². The molecule has 0 spiro atoms. The lowest BCUT2D eigenvalue weighted by Gasteiger charge is -2.25. The molecule has 0 bridgehead atoms. The zero-order chi connectivity index (χ0) is 30.8. The third-order valence-corrected chi connectivity index (χ3v) is 8.14. The number of hydrogen-bond donors (Lipinski definition) is 1. The number of ketones is 1. The van der Waals surface area contributed by atoms with Gasteiger partial charge >= 0.3 is 0 Å². The molecule has 0 aliphatic heterocycles. The second kappa shape index (κ2) is 11.8. The Hall–Kier alpha value is -5.29. The molecular formula is C39H32FNO3. The quantitative estimate of drug-likeness (QED) is 0.182. The average Bonchev–Trinajstić information content (AvgIpc) is 3.44. The van der Waals surface area contributed by atoms with Crippen molar-refractivity contribution in [1.82, 2.24) is 5.32 Å². The standard InChI is InChI=1S/C39H32FNO3/c1-39(2,29-12-8-5-9-13-29)24-34(42)32-22-27(16-20-31(32)25-10-6-4-7-11-25)28-17-21-35-33(23-28)36(38(43)41-3)37(44-35)26-14-18-30(40)19-15-26/h4-23H,24H2,1-3H3,(H,41,43). The number of carbonyl (C=O) groups excluding carboxylic acids is 2. The van der Waals surface area contributed by atoms with E-state index in [0.29, 0.717) is 39.8 Å². The van der Waals surface area contributed by atoms with Gasteiger partial charge in [-0.2, -0.15) is 0 Å². The summed E-state index contributed by atoms with van der Waals surface area (Å²) in [6, 6.07) is 37.5. The van der Waals surface area contributed by atoms with Crippen LogP contribution in [0.4, 0.5) is 4.39 Å². The van der Waals surface area contributed by atoms with Gasteiger partial charge in [0.25, 0.3) is 5.91 Å². The van der Waals surface area contributed by atoms with Gasteiger partial charge in [0.15, 0.2) is 5.78 Å². The third kappa shape index (κ3) is 5.57. The predicted molar refractivity (Wildman–Crippen MR) is 174 cm³/mol.